The number of hydrogen-bond acceptors (Lipinski definition) is 2. The monoisotopic (exact) mass is 332 g/mol. The molecular formula is C16H17BrN2O. The Hall–Kier alpha value is -1.81. The molecule has 0 atom stereocenters. The van der Waals surface area contributed by atoms with Gasteiger partial charge in [-0.3, -0.25) is 4.79 Å². The van der Waals surface area contributed by atoms with Crippen molar-refractivity contribution in [3.63, 3.8) is 0 Å². The van der Waals surface area contributed by atoms with Gasteiger partial charge in [-0.15, -0.1) is 0 Å². The number of anilines is 2. The number of carbonyl (C=O) groups is 1. The Morgan fingerprint density at radius 2 is 2.00 bits per heavy atom. The molecule has 3 nitrogen and oxygen atoms in total. The summed E-state index contributed by atoms with van der Waals surface area (Å²) in [5.74, 6) is -0.160. The van der Waals surface area contributed by atoms with Crippen LogP contribution in [0.3, 0.4) is 0 Å². The van der Waals surface area contributed by atoms with Crippen LogP contribution >= 0.6 is 15.9 Å². The van der Waals surface area contributed by atoms with E-state index < -0.39 is 0 Å². The molecule has 0 aliphatic carbocycles. The van der Waals surface area contributed by atoms with Gasteiger partial charge in [0, 0.05) is 15.8 Å². The molecule has 0 bridgehead atoms. The highest BCUT2D eigenvalue weighted by atomic mass is 79.9. The molecule has 0 saturated heterocycles. The van der Waals surface area contributed by atoms with Crippen LogP contribution in [0.15, 0.2) is 46.9 Å². The third kappa shape index (κ3) is 3.39. The zero-order valence-corrected chi connectivity index (χ0v) is 12.9. The maximum Gasteiger partial charge on any atom is 0.256 e. The third-order valence-corrected chi connectivity index (χ3v) is 3.71. The number of nitrogens with two attached hydrogens (primary N) is 1. The highest BCUT2D eigenvalue weighted by molar-refractivity contribution is 9.10. The number of para-hydroxylation sites is 1. The molecule has 3 N–H and O–H groups in total. The number of aryl methyl sites for hydroxylation is 1. The first-order chi connectivity index (χ1) is 9.61. The number of benzene rings is 2. The zero-order valence-electron chi connectivity index (χ0n) is 11.3. The van der Waals surface area contributed by atoms with E-state index in [2.05, 4.69) is 28.2 Å². The lowest BCUT2D eigenvalue weighted by atomic mass is 10.1. The quantitative estimate of drug-likeness (QED) is 0.823. The van der Waals surface area contributed by atoms with Gasteiger partial charge in [0.25, 0.3) is 5.91 Å². The molecule has 0 aliphatic rings. The summed E-state index contributed by atoms with van der Waals surface area (Å²) in [6.45, 7) is 2.12. The van der Waals surface area contributed by atoms with Crippen LogP contribution in [0.2, 0.25) is 0 Å². The van der Waals surface area contributed by atoms with E-state index in [0.29, 0.717) is 11.3 Å². The van der Waals surface area contributed by atoms with Crippen molar-refractivity contribution in [1.82, 2.24) is 0 Å². The van der Waals surface area contributed by atoms with E-state index in [1.54, 1.807) is 18.2 Å². The molecule has 0 spiro atoms. The molecule has 0 aliphatic heterocycles. The summed E-state index contributed by atoms with van der Waals surface area (Å²) >= 11 is 3.38. The van der Waals surface area contributed by atoms with Gasteiger partial charge in [0.2, 0.25) is 0 Å². The second kappa shape index (κ2) is 6.57. The molecule has 20 heavy (non-hydrogen) atoms. The molecule has 2 aromatic carbocycles. The second-order valence-corrected chi connectivity index (χ2v) is 5.45. The molecule has 0 radical (unpaired) electrons. The first kappa shape index (κ1) is 14.6. The average Bonchev–Trinajstić information content (AvgIpc) is 2.44. The van der Waals surface area contributed by atoms with Crippen LogP contribution in [0.5, 0.6) is 0 Å². The maximum absolute atomic E-state index is 12.3. The van der Waals surface area contributed by atoms with Crippen molar-refractivity contribution in [3.05, 3.63) is 58.1 Å². The van der Waals surface area contributed by atoms with E-state index in [9.17, 15) is 4.79 Å². The Balaban J connectivity index is 2.26. The van der Waals surface area contributed by atoms with Crippen LogP contribution in [0.1, 0.15) is 29.3 Å². The van der Waals surface area contributed by atoms with E-state index in [1.165, 1.54) is 0 Å². The van der Waals surface area contributed by atoms with Crippen LogP contribution in [-0.2, 0) is 6.42 Å². The van der Waals surface area contributed by atoms with E-state index in [1.807, 2.05) is 24.3 Å². The Morgan fingerprint density at radius 1 is 1.25 bits per heavy atom. The van der Waals surface area contributed by atoms with Crippen LogP contribution in [0, 0.1) is 0 Å². The minimum absolute atomic E-state index is 0.160. The van der Waals surface area contributed by atoms with Crippen molar-refractivity contribution >= 4 is 33.2 Å². The molecule has 2 aromatic rings. The summed E-state index contributed by atoms with van der Waals surface area (Å²) in [6.07, 6.45) is 1.98. The van der Waals surface area contributed by atoms with Crippen molar-refractivity contribution < 1.29 is 4.79 Å². The zero-order chi connectivity index (χ0) is 14.5. The predicted octanol–water partition coefficient (Wildman–Crippen LogP) is 4.24. The summed E-state index contributed by atoms with van der Waals surface area (Å²) < 4.78 is 0.733. The summed E-state index contributed by atoms with van der Waals surface area (Å²) in [4.78, 5) is 12.3. The van der Waals surface area contributed by atoms with Gasteiger partial charge in [-0.05, 0) is 52.2 Å². The maximum atomic E-state index is 12.3. The molecule has 1 amide bonds. The molecule has 2 rings (SSSR count). The number of nitrogens with one attached hydrogen (secondary N) is 1. The number of amides is 1. The fourth-order valence-electron chi connectivity index (χ4n) is 2.04. The van der Waals surface area contributed by atoms with Crippen molar-refractivity contribution in [2.24, 2.45) is 0 Å². The van der Waals surface area contributed by atoms with Gasteiger partial charge in [0.05, 0.1) is 5.56 Å². The lowest BCUT2D eigenvalue weighted by Gasteiger charge is -2.11. The summed E-state index contributed by atoms with van der Waals surface area (Å²) in [5, 5.41) is 2.96. The van der Waals surface area contributed by atoms with Gasteiger partial charge in [-0.2, -0.15) is 0 Å². The second-order valence-electron chi connectivity index (χ2n) is 4.60. The van der Waals surface area contributed by atoms with Crippen molar-refractivity contribution in [1.29, 1.82) is 0 Å². The highest BCUT2D eigenvalue weighted by Gasteiger charge is 2.12. The molecule has 104 valence electrons. The van der Waals surface area contributed by atoms with Gasteiger partial charge < -0.3 is 11.1 Å². The van der Waals surface area contributed by atoms with Crippen LogP contribution in [0.4, 0.5) is 11.4 Å². The number of hydrogen-bond donors (Lipinski definition) is 2. The Labute approximate surface area is 127 Å². The lowest BCUT2D eigenvalue weighted by Crippen LogP contribution is -2.14. The van der Waals surface area contributed by atoms with Crippen molar-refractivity contribution in [3.8, 4) is 0 Å². The number of halogens is 1. The number of carbonyl (C=O) groups excluding carboxylic acids is 1. The van der Waals surface area contributed by atoms with Gasteiger partial charge in [-0.1, -0.05) is 31.5 Å². The molecule has 0 saturated carbocycles. The van der Waals surface area contributed by atoms with E-state index in [-0.39, 0.29) is 5.91 Å². The average molecular weight is 333 g/mol. The smallest absolute Gasteiger partial charge is 0.256 e. The highest BCUT2D eigenvalue weighted by Crippen LogP contribution is 2.22. The molecule has 0 heterocycles. The van der Waals surface area contributed by atoms with Gasteiger partial charge in [0.15, 0.2) is 0 Å². The summed E-state index contributed by atoms with van der Waals surface area (Å²) in [6, 6.07) is 13.1. The number of rotatable bonds is 4. The van der Waals surface area contributed by atoms with Crippen LogP contribution in [0.25, 0.3) is 0 Å². The summed E-state index contributed by atoms with van der Waals surface area (Å²) in [5.41, 5.74) is 8.84. The Morgan fingerprint density at radius 3 is 2.75 bits per heavy atom. The van der Waals surface area contributed by atoms with Gasteiger partial charge >= 0.3 is 0 Å². The largest absolute Gasteiger partial charge is 0.399 e. The van der Waals surface area contributed by atoms with E-state index >= 15 is 0 Å². The fourth-order valence-corrected chi connectivity index (χ4v) is 2.46. The van der Waals surface area contributed by atoms with Gasteiger partial charge in [-0.25, -0.2) is 0 Å². The molecule has 4 heteroatoms. The molecule has 0 fully saturated rings. The first-order valence-corrected chi connectivity index (χ1v) is 7.35. The topological polar surface area (TPSA) is 55.1 Å². The fraction of sp³-hybridized carbons (Fsp3) is 0.188. The summed E-state index contributed by atoms with van der Waals surface area (Å²) in [7, 11) is 0. The lowest BCUT2D eigenvalue weighted by molar-refractivity contribution is 0.102. The van der Waals surface area contributed by atoms with E-state index in [4.69, 9.17) is 5.73 Å². The third-order valence-electron chi connectivity index (χ3n) is 3.02. The Kier molecular flexibility index (Phi) is 4.79. The van der Waals surface area contributed by atoms with Crippen LogP contribution in [-0.4, -0.2) is 5.91 Å². The van der Waals surface area contributed by atoms with Crippen molar-refractivity contribution in [2.45, 2.75) is 19.8 Å². The first-order valence-electron chi connectivity index (χ1n) is 6.56. The van der Waals surface area contributed by atoms with E-state index in [0.717, 1.165) is 28.6 Å². The van der Waals surface area contributed by atoms with Crippen LogP contribution < -0.4 is 11.1 Å². The SMILES string of the molecule is CCCc1ccccc1NC(=O)c1cc(N)ccc1Br. The number of nitrogen functional groups attached to an aromatic ring is 1. The predicted molar refractivity (Wildman–Crippen MR) is 86.9 cm³/mol. The minimum atomic E-state index is -0.160. The normalized spacial score (nSPS) is 10.3. The molecule has 0 aromatic heterocycles. The Bertz CT molecular complexity index is 626. The molecular weight excluding hydrogens is 316 g/mol. The standard InChI is InChI=1S/C16H17BrN2O/c1-2-5-11-6-3-4-7-15(11)19-16(20)13-10-12(18)8-9-14(13)17/h3-4,6-10H,2,5,18H2,1H3,(H,19,20). The van der Waals surface area contributed by atoms with Gasteiger partial charge in [0.1, 0.15) is 0 Å². The minimum Gasteiger partial charge on any atom is -0.399 e. The molecule has 0 unspecified atom stereocenters. The van der Waals surface area contributed by atoms with Crippen molar-refractivity contribution in [2.75, 3.05) is 11.1 Å².